The van der Waals surface area contributed by atoms with Crippen LogP contribution >= 0.6 is 0 Å². The van der Waals surface area contributed by atoms with Gasteiger partial charge in [0.25, 0.3) is 0 Å². The van der Waals surface area contributed by atoms with Gasteiger partial charge in [-0.25, -0.2) is 0 Å². The van der Waals surface area contributed by atoms with Crippen molar-refractivity contribution in [1.29, 1.82) is 0 Å². The first-order valence-electron chi connectivity index (χ1n) is 13.8. The Morgan fingerprint density at radius 2 is 1.06 bits per heavy atom. The van der Waals surface area contributed by atoms with Crippen LogP contribution in [0.25, 0.3) is 0 Å². The minimum Gasteiger partial charge on any atom is -0.294 e. The molecule has 2 aromatic carbocycles. The van der Waals surface area contributed by atoms with Crippen LogP contribution in [0.2, 0.25) is 0 Å². The Bertz CT molecular complexity index is 751. The number of hydrogen-bond acceptors (Lipinski definition) is 2. The highest BCUT2D eigenvalue weighted by molar-refractivity contribution is 5.96. The van der Waals surface area contributed by atoms with E-state index < -0.39 is 0 Å². The van der Waals surface area contributed by atoms with Crippen LogP contribution in [-0.4, -0.2) is 11.6 Å². The maximum Gasteiger partial charge on any atom is 0.163 e. The molecule has 2 nitrogen and oxygen atoms in total. The molecule has 0 spiro atoms. The Labute approximate surface area is 209 Å². The molecule has 188 valence electrons. The standard InChI is InChI=1S/2C16H24O/c1-3-5-10-14(9-4-2)13-16(17)15-11-7-6-8-12-15;1-2-3-4-5-6-7-11-14-16(17)15-12-9-8-10-13-15/h6-8,11-12,14H,3-5,9-10,13H2,1-2H3;8-10,12-13H,2-7,11,14H2,1H3. The maximum absolute atomic E-state index is 12.1. The van der Waals surface area contributed by atoms with Gasteiger partial charge in [0, 0.05) is 24.0 Å². The summed E-state index contributed by atoms with van der Waals surface area (Å²) in [7, 11) is 0. The van der Waals surface area contributed by atoms with Gasteiger partial charge in [-0.15, -0.1) is 0 Å². The van der Waals surface area contributed by atoms with Crippen LogP contribution < -0.4 is 0 Å². The monoisotopic (exact) mass is 464 g/mol. The van der Waals surface area contributed by atoms with Crippen molar-refractivity contribution in [1.82, 2.24) is 0 Å². The molecule has 0 aliphatic carbocycles. The van der Waals surface area contributed by atoms with Crippen LogP contribution in [0, 0.1) is 5.92 Å². The fraction of sp³-hybridized carbons (Fsp3) is 0.562. The Balaban J connectivity index is 0.000000340. The summed E-state index contributed by atoms with van der Waals surface area (Å²) in [5.41, 5.74) is 1.73. The van der Waals surface area contributed by atoms with Gasteiger partial charge in [-0.3, -0.25) is 9.59 Å². The molecular formula is C32H48O2. The summed E-state index contributed by atoms with van der Waals surface area (Å²) < 4.78 is 0. The molecule has 0 aliphatic rings. The Hall–Kier alpha value is -2.22. The third-order valence-corrected chi connectivity index (χ3v) is 6.34. The van der Waals surface area contributed by atoms with Gasteiger partial charge in [0.2, 0.25) is 0 Å². The number of unbranched alkanes of at least 4 members (excludes halogenated alkanes) is 7. The average Bonchev–Trinajstić information content (AvgIpc) is 2.88. The van der Waals surface area contributed by atoms with Crippen LogP contribution in [0.15, 0.2) is 60.7 Å². The smallest absolute Gasteiger partial charge is 0.163 e. The van der Waals surface area contributed by atoms with Crippen LogP contribution in [0.5, 0.6) is 0 Å². The third kappa shape index (κ3) is 14.1. The summed E-state index contributed by atoms with van der Waals surface area (Å²) in [6.07, 6.45) is 16.3. The molecule has 0 amide bonds. The quantitative estimate of drug-likeness (QED) is 0.172. The molecule has 1 atom stereocenters. The molecule has 0 N–H and O–H groups in total. The molecule has 0 fully saturated rings. The highest BCUT2D eigenvalue weighted by Crippen LogP contribution is 2.21. The summed E-state index contributed by atoms with van der Waals surface area (Å²) in [5, 5.41) is 0. The van der Waals surface area contributed by atoms with E-state index in [9.17, 15) is 9.59 Å². The number of Topliss-reactive ketones (excluding diaryl/α,β-unsaturated/α-hetero) is 2. The molecule has 2 aromatic rings. The second-order valence-corrected chi connectivity index (χ2v) is 9.45. The molecule has 0 saturated carbocycles. The second kappa shape index (κ2) is 20.2. The molecule has 34 heavy (non-hydrogen) atoms. The topological polar surface area (TPSA) is 34.1 Å². The van der Waals surface area contributed by atoms with Crippen molar-refractivity contribution in [3.63, 3.8) is 0 Å². The first kappa shape index (κ1) is 29.8. The van der Waals surface area contributed by atoms with Gasteiger partial charge >= 0.3 is 0 Å². The molecule has 0 saturated heterocycles. The van der Waals surface area contributed by atoms with Gasteiger partial charge in [0.05, 0.1) is 0 Å². The van der Waals surface area contributed by atoms with Crippen molar-refractivity contribution >= 4 is 11.6 Å². The summed E-state index contributed by atoms with van der Waals surface area (Å²) in [5.74, 6) is 1.17. The van der Waals surface area contributed by atoms with Gasteiger partial charge < -0.3 is 0 Å². The lowest BCUT2D eigenvalue weighted by Gasteiger charge is -2.14. The van der Waals surface area contributed by atoms with Gasteiger partial charge in [-0.1, -0.05) is 152 Å². The first-order chi connectivity index (χ1) is 16.6. The van der Waals surface area contributed by atoms with Crippen molar-refractivity contribution in [2.24, 2.45) is 5.92 Å². The first-order valence-corrected chi connectivity index (χ1v) is 13.8. The van der Waals surface area contributed by atoms with Crippen molar-refractivity contribution in [3.8, 4) is 0 Å². The van der Waals surface area contributed by atoms with E-state index >= 15 is 0 Å². The minimum absolute atomic E-state index is 0.291. The lowest BCUT2D eigenvalue weighted by molar-refractivity contribution is 0.0953. The van der Waals surface area contributed by atoms with Gasteiger partial charge in [0.1, 0.15) is 0 Å². The van der Waals surface area contributed by atoms with Gasteiger partial charge in [-0.05, 0) is 12.3 Å². The number of ketones is 2. The second-order valence-electron chi connectivity index (χ2n) is 9.45. The molecule has 2 heteroatoms. The van der Waals surface area contributed by atoms with Crippen molar-refractivity contribution in [2.75, 3.05) is 0 Å². The van der Waals surface area contributed by atoms with E-state index in [1.165, 1.54) is 70.6 Å². The number of hydrogen-bond donors (Lipinski definition) is 0. The predicted octanol–water partition coefficient (Wildman–Crippen LogP) is 9.88. The molecular weight excluding hydrogens is 416 g/mol. The normalized spacial score (nSPS) is 11.4. The Kier molecular flexibility index (Phi) is 17.7. The summed E-state index contributed by atoms with van der Waals surface area (Å²) in [6.45, 7) is 6.65. The summed E-state index contributed by atoms with van der Waals surface area (Å²) in [4.78, 5) is 23.9. The van der Waals surface area contributed by atoms with Crippen LogP contribution in [0.3, 0.4) is 0 Å². The average molecular weight is 465 g/mol. The molecule has 0 heterocycles. The molecule has 0 radical (unpaired) electrons. The number of carbonyl (C=O) groups excluding carboxylic acids is 2. The van der Waals surface area contributed by atoms with Crippen LogP contribution in [-0.2, 0) is 0 Å². The fourth-order valence-electron chi connectivity index (χ4n) is 4.26. The Morgan fingerprint density at radius 3 is 1.59 bits per heavy atom. The van der Waals surface area contributed by atoms with Crippen molar-refractivity contribution in [2.45, 2.75) is 111 Å². The highest BCUT2D eigenvalue weighted by Gasteiger charge is 2.14. The number of carbonyl (C=O) groups is 2. The van der Waals surface area contributed by atoms with Crippen molar-refractivity contribution < 1.29 is 9.59 Å². The molecule has 0 aromatic heterocycles. The van der Waals surface area contributed by atoms with E-state index in [1.54, 1.807) is 0 Å². The van der Waals surface area contributed by atoms with Crippen molar-refractivity contribution in [3.05, 3.63) is 71.8 Å². The van der Waals surface area contributed by atoms with Gasteiger partial charge in [0.15, 0.2) is 11.6 Å². The van der Waals surface area contributed by atoms with Gasteiger partial charge in [-0.2, -0.15) is 0 Å². The molecule has 2 rings (SSSR count). The summed E-state index contributed by atoms with van der Waals surface area (Å²) >= 11 is 0. The van der Waals surface area contributed by atoms with E-state index in [2.05, 4.69) is 20.8 Å². The largest absolute Gasteiger partial charge is 0.294 e. The van der Waals surface area contributed by atoms with Crippen LogP contribution in [0.1, 0.15) is 131 Å². The predicted molar refractivity (Wildman–Crippen MR) is 147 cm³/mol. The third-order valence-electron chi connectivity index (χ3n) is 6.34. The lowest BCUT2D eigenvalue weighted by atomic mass is 9.90. The highest BCUT2D eigenvalue weighted by atomic mass is 16.1. The fourth-order valence-corrected chi connectivity index (χ4v) is 4.26. The van der Waals surface area contributed by atoms with E-state index in [4.69, 9.17) is 0 Å². The van der Waals surface area contributed by atoms with Crippen LogP contribution in [0.4, 0.5) is 0 Å². The molecule has 1 unspecified atom stereocenters. The zero-order valence-electron chi connectivity index (χ0n) is 22.1. The van der Waals surface area contributed by atoms with E-state index in [0.717, 1.165) is 24.0 Å². The van der Waals surface area contributed by atoms with E-state index in [0.29, 0.717) is 23.9 Å². The minimum atomic E-state index is 0.291. The molecule has 0 bridgehead atoms. The lowest BCUT2D eigenvalue weighted by Crippen LogP contribution is -2.09. The number of rotatable bonds is 17. The van der Waals surface area contributed by atoms with E-state index in [-0.39, 0.29) is 0 Å². The SMILES string of the molecule is CCCCC(CCC)CC(=O)c1ccccc1.CCCCCCCCCC(=O)c1ccccc1. The zero-order chi connectivity index (χ0) is 24.9. The molecule has 0 aliphatic heterocycles. The number of benzene rings is 2. The van der Waals surface area contributed by atoms with E-state index in [1.807, 2.05) is 60.7 Å². The Morgan fingerprint density at radius 1 is 0.559 bits per heavy atom. The summed E-state index contributed by atoms with van der Waals surface area (Å²) in [6, 6.07) is 19.3. The maximum atomic E-state index is 12.1. The zero-order valence-corrected chi connectivity index (χ0v) is 22.1.